The Bertz CT molecular complexity index is 1350. The standard InChI is InChI=1S/C29H32ClNO7/c1-28(2,3)31(27(35)36)13-16(14-37-4)12-29(31,26(33)34)23-8-5-17-9-21-18(10-22(17)25(23)32)15-38-24-11-19(30)6-7-20(21)24/h6-7,9-11,16,23H,5,8,12-15H2,1-4H3,(H-,33,34,35,36)/p+1/t16?,23?,29-,31?/m0/s1. The van der Waals surface area contributed by atoms with Crippen LogP contribution in [0.1, 0.15) is 55.1 Å². The topological polar surface area (TPSA) is 110 Å². The molecular weight excluding hydrogens is 510 g/mol. The molecule has 38 heavy (non-hydrogen) atoms. The van der Waals surface area contributed by atoms with Crippen molar-refractivity contribution in [2.75, 3.05) is 20.3 Å². The Labute approximate surface area is 226 Å². The van der Waals surface area contributed by atoms with E-state index in [0.717, 1.165) is 22.3 Å². The van der Waals surface area contributed by atoms with E-state index in [9.17, 15) is 24.6 Å². The molecule has 202 valence electrons. The van der Waals surface area contributed by atoms with Gasteiger partial charge in [-0.05, 0) is 80.6 Å². The molecule has 2 aromatic carbocycles. The van der Waals surface area contributed by atoms with Crippen molar-refractivity contribution in [3.05, 3.63) is 52.0 Å². The summed E-state index contributed by atoms with van der Waals surface area (Å²) in [6.07, 6.45) is -0.458. The van der Waals surface area contributed by atoms with Gasteiger partial charge in [-0.2, -0.15) is 4.79 Å². The molecule has 9 heteroatoms. The summed E-state index contributed by atoms with van der Waals surface area (Å²) in [5.41, 5.74) is 1.16. The van der Waals surface area contributed by atoms with E-state index in [2.05, 4.69) is 0 Å². The first-order valence-electron chi connectivity index (χ1n) is 12.8. The van der Waals surface area contributed by atoms with Crippen LogP contribution in [0.25, 0.3) is 11.1 Å². The van der Waals surface area contributed by atoms with Crippen molar-refractivity contribution in [1.29, 1.82) is 0 Å². The minimum atomic E-state index is -1.84. The molecule has 4 atom stereocenters. The van der Waals surface area contributed by atoms with Gasteiger partial charge in [0.1, 0.15) is 17.9 Å². The first kappa shape index (κ1) is 26.7. The van der Waals surface area contributed by atoms with Crippen LogP contribution in [-0.2, 0) is 22.6 Å². The summed E-state index contributed by atoms with van der Waals surface area (Å²) in [5, 5.41) is 22.1. The number of aliphatic carboxylic acids is 1. The monoisotopic (exact) mass is 542 g/mol. The average Bonchev–Trinajstić information content (AvgIpc) is 3.21. The van der Waals surface area contributed by atoms with E-state index in [1.165, 1.54) is 7.11 Å². The van der Waals surface area contributed by atoms with Gasteiger partial charge < -0.3 is 19.7 Å². The lowest BCUT2D eigenvalue weighted by Crippen LogP contribution is -2.77. The maximum Gasteiger partial charge on any atom is 0.514 e. The van der Waals surface area contributed by atoms with Crippen molar-refractivity contribution in [2.45, 2.75) is 57.7 Å². The highest BCUT2D eigenvalue weighted by Crippen LogP contribution is 2.54. The number of quaternary nitrogens is 1. The van der Waals surface area contributed by atoms with E-state index >= 15 is 0 Å². The van der Waals surface area contributed by atoms with E-state index < -0.39 is 33.5 Å². The molecule has 1 fully saturated rings. The predicted molar refractivity (Wildman–Crippen MR) is 141 cm³/mol. The number of ketones is 1. The number of likely N-dealkylation sites (tertiary alicyclic amines) is 1. The second-order valence-electron chi connectivity index (χ2n) is 11.8. The number of amides is 1. The Balaban J connectivity index is 1.64. The zero-order valence-electron chi connectivity index (χ0n) is 22.0. The smallest absolute Gasteiger partial charge is 0.488 e. The van der Waals surface area contributed by atoms with Gasteiger partial charge in [-0.15, -0.1) is 0 Å². The van der Waals surface area contributed by atoms with E-state index in [4.69, 9.17) is 21.1 Å². The van der Waals surface area contributed by atoms with E-state index in [0.29, 0.717) is 22.8 Å². The maximum atomic E-state index is 14.2. The Hall–Kier alpha value is -2.94. The second-order valence-corrected chi connectivity index (χ2v) is 12.2. The number of methoxy groups -OCH3 is 1. The molecule has 8 nitrogen and oxygen atoms in total. The third-order valence-electron chi connectivity index (χ3n) is 8.86. The van der Waals surface area contributed by atoms with Crippen LogP contribution in [0.15, 0.2) is 30.3 Å². The van der Waals surface area contributed by atoms with E-state index in [1.54, 1.807) is 39.0 Å². The number of carbonyl (C=O) groups excluding carboxylic acids is 1. The Morgan fingerprint density at radius 2 is 1.84 bits per heavy atom. The van der Waals surface area contributed by atoms with Gasteiger partial charge in [0.2, 0.25) is 5.54 Å². The molecule has 2 N–H and O–H groups in total. The number of nitrogens with zero attached hydrogens (tertiary/aromatic N) is 1. The fraction of sp³-hybridized carbons (Fsp3) is 0.483. The first-order valence-corrected chi connectivity index (χ1v) is 13.2. The number of hydrogen-bond acceptors (Lipinski definition) is 5. The van der Waals surface area contributed by atoms with Crippen LogP contribution in [0.4, 0.5) is 4.79 Å². The summed E-state index contributed by atoms with van der Waals surface area (Å²) in [6.45, 7) is 5.79. The van der Waals surface area contributed by atoms with E-state index in [-0.39, 0.29) is 44.3 Å². The van der Waals surface area contributed by atoms with Gasteiger partial charge in [0.15, 0.2) is 5.78 Å². The lowest BCUT2D eigenvalue weighted by atomic mass is 9.67. The third-order valence-corrected chi connectivity index (χ3v) is 9.10. The van der Waals surface area contributed by atoms with Gasteiger partial charge in [0.05, 0.1) is 19.1 Å². The molecule has 1 aliphatic carbocycles. The molecule has 0 radical (unpaired) electrons. The van der Waals surface area contributed by atoms with Gasteiger partial charge >= 0.3 is 12.1 Å². The van der Waals surface area contributed by atoms with Crippen molar-refractivity contribution >= 4 is 29.4 Å². The van der Waals surface area contributed by atoms with E-state index in [1.807, 2.05) is 12.1 Å². The molecule has 5 rings (SSSR count). The summed E-state index contributed by atoms with van der Waals surface area (Å²) in [4.78, 5) is 40.6. The van der Waals surface area contributed by atoms with Crippen LogP contribution in [0, 0.1) is 11.8 Å². The molecule has 2 aliphatic heterocycles. The van der Waals surface area contributed by atoms with Crippen LogP contribution >= 0.6 is 11.6 Å². The number of benzene rings is 2. The highest BCUT2D eigenvalue weighted by Gasteiger charge is 2.76. The number of aryl methyl sites for hydroxylation is 1. The molecule has 3 unspecified atom stereocenters. The fourth-order valence-electron chi connectivity index (χ4n) is 7.34. The van der Waals surface area contributed by atoms with Gasteiger partial charge in [0, 0.05) is 35.6 Å². The molecule has 0 bridgehead atoms. The Morgan fingerprint density at radius 1 is 1.13 bits per heavy atom. The number of hydrogen-bond donors (Lipinski definition) is 2. The van der Waals surface area contributed by atoms with Crippen LogP contribution in [0.3, 0.4) is 0 Å². The number of ether oxygens (including phenoxy) is 2. The van der Waals surface area contributed by atoms with Crippen molar-refractivity contribution in [3.8, 4) is 16.9 Å². The SMILES string of the molecule is COCC1C[C@@](C(=O)O)(C2CCc3cc4c(cc3C2=O)COc2cc(Cl)ccc2-4)[N+](C(=O)O)(C(C)(C)C)C1. The second kappa shape index (κ2) is 9.07. The zero-order chi connectivity index (χ0) is 27.6. The molecule has 1 saturated heterocycles. The van der Waals surface area contributed by atoms with Crippen molar-refractivity contribution < 1.29 is 38.6 Å². The highest BCUT2D eigenvalue weighted by molar-refractivity contribution is 6.30. The number of halogens is 1. The van der Waals surface area contributed by atoms with Crippen molar-refractivity contribution in [2.24, 2.45) is 11.8 Å². The lowest BCUT2D eigenvalue weighted by Gasteiger charge is -2.52. The first-order chi connectivity index (χ1) is 17.9. The molecule has 2 heterocycles. The molecular formula is C29H33ClNO7+. The predicted octanol–water partition coefficient (Wildman–Crippen LogP) is 5.43. The number of carbonyl (C=O) groups is 3. The maximum absolute atomic E-state index is 14.2. The van der Waals surface area contributed by atoms with Crippen molar-refractivity contribution in [1.82, 2.24) is 0 Å². The number of Topliss-reactive ketones (excluding diaryl/α,β-unsaturated/α-hetero) is 1. The number of rotatable bonds is 4. The minimum Gasteiger partial charge on any atom is -0.488 e. The van der Waals surface area contributed by atoms with Crippen LogP contribution in [0.2, 0.25) is 5.02 Å². The molecule has 3 aliphatic rings. The molecule has 0 aromatic heterocycles. The largest absolute Gasteiger partial charge is 0.514 e. The molecule has 1 amide bonds. The van der Waals surface area contributed by atoms with Crippen LogP contribution < -0.4 is 4.74 Å². The quantitative estimate of drug-likeness (QED) is 0.496. The van der Waals surface area contributed by atoms with Gasteiger partial charge in [-0.3, -0.25) is 4.79 Å². The number of carboxylic acid groups (broad SMARTS) is 2. The Kier molecular flexibility index (Phi) is 6.36. The summed E-state index contributed by atoms with van der Waals surface area (Å²) >= 11 is 6.14. The summed E-state index contributed by atoms with van der Waals surface area (Å²) in [7, 11) is 1.52. The third kappa shape index (κ3) is 3.61. The number of carboxylic acids is 1. The Morgan fingerprint density at radius 3 is 2.47 bits per heavy atom. The van der Waals surface area contributed by atoms with Crippen LogP contribution in [-0.4, -0.2) is 63.9 Å². The molecule has 0 spiro atoms. The summed E-state index contributed by atoms with van der Waals surface area (Å²) in [6, 6.07) is 9.25. The van der Waals surface area contributed by atoms with Gasteiger partial charge in [-0.25, -0.2) is 9.28 Å². The lowest BCUT2D eigenvalue weighted by molar-refractivity contribution is -0.934. The number of fused-ring (bicyclic) bond motifs is 4. The normalized spacial score (nSPS) is 28.2. The summed E-state index contributed by atoms with van der Waals surface area (Å²) < 4.78 is 10.5. The average molecular weight is 543 g/mol. The zero-order valence-corrected chi connectivity index (χ0v) is 22.8. The summed E-state index contributed by atoms with van der Waals surface area (Å²) in [5.74, 6) is -2.20. The van der Waals surface area contributed by atoms with Crippen molar-refractivity contribution in [3.63, 3.8) is 0 Å². The fourth-order valence-corrected chi connectivity index (χ4v) is 7.50. The van der Waals surface area contributed by atoms with Gasteiger partial charge in [-0.1, -0.05) is 11.6 Å². The van der Waals surface area contributed by atoms with Gasteiger partial charge in [0.25, 0.3) is 0 Å². The molecule has 2 aromatic rings. The minimum absolute atomic E-state index is 0.0493. The molecule has 0 saturated carbocycles. The van der Waals surface area contributed by atoms with Crippen LogP contribution in [0.5, 0.6) is 5.75 Å². The highest BCUT2D eigenvalue weighted by atomic mass is 35.5.